The van der Waals surface area contributed by atoms with Crippen LogP contribution in [0.4, 0.5) is 0 Å². The van der Waals surface area contributed by atoms with Crippen molar-refractivity contribution in [3.05, 3.63) is 12.2 Å². The van der Waals surface area contributed by atoms with Crippen LogP contribution < -0.4 is 0 Å². The highest BCUT2D eigenvalue weighted by Gasteiger charge is 2.71. The molecule has 0 aromatic carbocycles. The standard InChI is InChI=1S/C32H49O3/c1-20(2)22-11-16-32(19-33)18-17-30(7)23(27(22)32)9-10-25-29(6)14-13-26(35-21(3)34)28(4,5)24(29)12-15-31(25,30)8/h22-27H,1,9-18H2,2-8H3/t22-,23+,24-,25+,26?,27+,29-,30+,31+,32+/m0/s1. The number of ether oxygens (including phenoxy) is 1. The lowest BCUT2D eigenvalue weighted by atomic mass is 9.32. The van der Waals surface area contributed by atoms with Crippen LogP contribution in [0.5, 0.6) is 0 Å². The first-order valence-electron chi connectivity index (χ1n) is 14.5. The molecule has 0 aliphatic heterocycles. The summed E-state index contributed by atoms with van der Waals surface area (Å²) >= 11 is 0. The smallest absolute Gasteiger partial charge is 0.302 e. The predicted molar refractivity (Wildman–Crippen MR) is 140 cm³/mol. The fourth-order valence-corrected chi connectivity index (χ4v) is 11.7. The van der Waals surface area contributed by atoms with Gasteiger partial charge in [0, 0.05) is 17.8 Å². The van der Waals surface area contributed by atoms with Gasteiger partial charge in [-0.3, -0.25) is 9.59 Å². The third kappa shape index (κ3) is 3.21. The monoisotopic (exact) mass is 481 g/mol. The molecule has 5 rings (SSSR count). The van der Waals surface area contributed by atoms with Crippen LogP contribution in [0.2, 0.25) is 0 Å². The van der Waals surface area contributed by atoms with E-state index in [9.17, 15) is 9.59 Å². The van der Waals surface area contributed by atoms with Crippen LogP contribution in [0.15, 0.2) is 12.2 Å². The molecule has 5 aliphatic rings. The molecule has 3 nitrogen and oxygen atoms in total. The molecule has 35 heavy (non-hydrogen) atoms. The fourth-order valence-electron chi connectivity index (χ4n) is 11.7. The largest absolute Gasteiger partial charge is 0.462 e. The van der Waals surface area contributed by atoms with Crippen molar-refractivity contribution < 1.29 is 14.3 Å². The number of carbonyl (C=O) groups excluding carboxylic acids is 2. The topological polar surface area (TPSA) is 43.4 Å². The van der Waals surface area contributed by atoms with E-state index in [1.54, 1.807) is 6.92 Å². The van der Waals surface area contributed by atoms with Crippen LogP contribution in [0.25, 0.3) is 0 Å². The summed E-state index contributed by atoms with van der Waals surface area (Å²) in [7, 11) is 0. The number of allylic oxidation sites excluding steroid dienone is 1. The van der Waals surface area contributed by atoms with Gasteiger partial charge in [-0.25, -0.2) is 0 Å². The SMILES string of the molecule is C=C(C)[C@@H]1CC[C@]2([C]=O)CC[C@]3(C)[C@H](CC[C@@H]4[C@@]5(C)CCC(OC(C)=O)C(C)(C)[C@@H]5CC[C@]43C)[C@@H]12. The average Bonchev–Trinajstić information content (AvgIpc) is 3.16. The molecule has 0 N–H and O–H groups in total. The first-order valence-corrected chi connectivity index (χ1v) is 14.5. The number of carbonyl (C=O) groups is 1. The Morgan fingerprint density at radius 1 is 0.829 bits per heavy atom. The van der Waals surface area contributed by atoms with E-state index in [1.165, 1.54) is 37.7 Å². The Hall–Kier alpha value is -1.12. The highest BCUT2D eigenvalue weighted by molar-refractivity contribution is 5.66. The Labute approximate surface area is 214 Å². The molecule has 0 aromatic rings. The summed E-state index contributed by atoms with van der Waals surface area (Å²) in [6.45, 7) is 20.7. The first kappa shape index (κ1) is 25.5. The fraction of sp³-hybridized carbons (Fsp3) is 0.875. The van der Waals surface area contributed by atoms with Gasteiger partial charge in [-0.2, -0.15) is 0 Å². The van der Waals surface area contributed by atoms with Crippen LogP contribution in [-0.4, -0.2) is 18.4 Å². The Morgan fingerprint density at radius 2 is 1.54 bits per heavy atom. The van der Waals surface area contributed by atoms with Gasteiger partial charge in [0.1, 0.15) is 6.10 Å². The molecule has 0 amide bonds. The van der Waals surface area contributed by atoms with Gasteiger partial charge in [-0.15, -0.1) is 0 Å². The van der Waals surface area contributed by atoms with Crippen molar-refractivity contribution in [2.24, 2.45) is 56.7 Å². The quantitative estimate of drug-likeness (QED) is 0.306. The Bertz CT molecular complexity index is 920. The molecule has 10 atom stereocenters. The van der Waals surface area contributed by atoms with Gasteiger partial charge in [0.15, 0.2) is 0 Å². The van der Waals surface area contributed by atoms with Crippen molar-refractivity contribution in [1.29, 1.82) is 0 Å². The second kappa shape index (κ2) is 7.94. The lowest BCUT2D eigenvalue weighted by molar-refractivity contribution is -0.246. The molecule has 3 heteroatoms. The minimum Gasteiger partial charge on any atom is -0.462 e. The van der Waals surface area contributed by atoms with Gasteiger partial charge in [-0.05, 0) is 117 Å². The second-order valence-corrected chi connectivity index (χ2v) is 14.9. The second-order valence-electron chi connectivity index (χ2n) is 14.9. The van der Waals surface area contributed by atoms with Crippen molar-refractivity contribution in [3.63, 3.8) is 0 Å². The summed E-state index contributed by atoms with van der Waals surface area (Å²) in [5, 5.41) is 0. The van der Waals surface area contributed by atoms with Crippen molar-refractivity contribution in [1.82, 2.24) is 0 Å². The minimum atomic E-state index is -0.234. The highest BCUT2D eigenvalue weighted by atomic mass is 16.5. The van der Waals surface area contributed by atoms with Gasteiger partial charge in [0.25, 0.3) is 0 Å². The van der Waals surface area contributed by atoms with E-state index in [2.05, 4.69) is 54.4 Å². The molecule has 5 saturated carbocycles. The van der Waals surface area contributed by atoms with Crippen molar-refractivity contribution in [2.75, 3.05) is 0 Å². The Morgan fingerprint density at radius 3 is 2.17 bits per heavy atom. The van der Waals surface area contributed by atoms with Crippen molar-refractivity contribution in [2.45, 2.75) is 119 Å². The molecular weight excluding hydrogens is 432 g/mol. The molecule has 1 radical (unpaired) electrons. The van der Waals surface area contributed by atoms with E-state index in [4.69, 9.17) is 4.74 Å². The average molecular weight is 482 g/mol. The number of hydrogen-bond donors (Lipinski definition) is 0. The lowest BCUT2D eigenvalue weighted by Gasteiger charge is -2.72. The predicted octanol–water partition coefficient (Wildman–Crippen LogP) is 7.69. The van der Waals surface area contributed by atoms with E-state index < -0.39 is 0 Å². The maximum absolute atomic E-state index is 12.5. The van der Waals surface area contributed by atoms with Gasteiger partial charge in [0.05, 0.1) is 0 Å². The van der Waals surface area contributed by atoms with E-state index in [0.29, 0.717) is 29.6 Å². The molecule has 5 aliphatic carbocycles. The summed E-state index contributed by atoms with van der Waals surface area (Å²) in [6.07, 6.45) is 14.1. The van der Waals surface area contributed by atoms with Gasteiger partial charge < -0.3 is 4.74 Å². The Balaban J connectivity index is 1.51. The molecule has 0 aromatic heterocycles. The lowest BCUT2D eigenvalue weighted by Crippen LogP contribution is -2.66. The van der Waals surface area contributed by atoms with Crippen molar-refractivity contribution >= 4 is 12.3 Å². The third-order valence-electron chi connectivity index (χ3n) is 13.5. The van der Waals surface area contributed by atoms with Crippen molar-refractivity contribution in [3.8, 4) is 0 Å². The molecule has 5 fully saturated rings. The van der Waals surface area contributed by atoms with E-state index in [0.717, 1.165) is 32.1 Å². The highest BCUT2D eigenvalue weighted by Crippen LogP contribution is 2.77. The van der Waals surface area contributed by atoms with Crippen LogP contribution in [0, 0.1) is 56.7 Å². The van der Waals surface area contributed by atoms with Crippen LogP contribution >= 0.6 is 0 Å². The molecule has 0 heterocycles. The molecule has 0 spiro atoms. The van der Waals surface area contributed by atoms with Crippen LogP contribution in [-0.2, 0) is 14.3 Å². The molecule has 195 valence electrons. The maximum Gasteiger partial charge on any atom is 0.302 e. The van der Waals surface area contributed by atoms with Gasteiger partial charge in [-0.1, -0.05) is 46.8 Å². The number of esters is 1. The molecule has 0 bridgehead atoms. The molecule has 1 unspecified atom stereocenters. The molecular formula is C32H49O3. The summed E-state index contributed by atoms with van der Waals surface area (Å²) in [5.41, 5.74) is 1.86. The summed E-state index contributed by atoms with van der Waals surface area (Å²) in [5.74, 6) is 2.62. The molecule has 0 saturated heterocycles. The minimum absolute atomic E-state index is 0.00243. The normalized spacial score (nSPS) is 52.3. The third-order valence-corrected chi connectivity index (χ3v) is 13.5. The van der Waals surface area contributed by atoms with E-state index in [1.807, 2.05) is 0 Å². The zero-order chi connectivity index (χ0) is 25.6. The number of rotatable bonds is 3. The number of fused-ring (bicyclic) bond motifs is 7. The van der Waals surface area contributed by atoms with Gasteiger partial charge in [0.2, 0.25) is 6.29 Å². The van der Waals surface area contributed by atoms with Crippen LogP contribution in [0.1, 0.15) is 113 Å². The van der Waals surface area contributed by atoms with Gasteiger partial charge >= 0.3 is 5.97 Å². The summed E-state index contributed by atoms with van der Waals surface area (Å²) < 4.78 is 5.89. The maximum atomic E-state index is 12.5. The van der Waals surface area contributed by atoms with E-state index >= 15 is 0 Å². The Kier molecular flexibility index (Phi) is 5.79. The summed E-state index contributed by atoms with van der Waals surface area (Å²) in [4.78, 5) is 24.4. The first-order chi connectivity index (χ1) is 16.3. The number of hydrogen-bond acceptors (Lipinski definition) is 3. The summed E-state index contributed by atoms with van der Waals surface area (Å²) in [6, 6.07) is 0. The van der Waals surface area contributed by atoms with Crippen LogP contribution in [0.3, 0.4) is 0 Å². The van der Waals surface area contributed by atoms with E-state index in [-0.39, 0.29) is 39.1 Å². The zero-order valence-corrected chi connectivity index (χ0v) is 23.5. The zero-order valence-electron chi connectivity index (χ0n) is 23.5.